The first-order chi connectivity index (χ1) is 13.5. The summed E-state index contributed by atoms with van der Waals surface area (Å²) in [7, 11) is 1.36. The van der Waals surface area contributed by atoms with Crippen molar-refractivity contribution in [3.05, 3.63) is 66.5 Å². The van der Waals surface area contributed by atoms with Gasteiger partial charge in [0.1, 0.15) is 23.7 Å². The van der Waals surface area contributed by atoms with Gasteiger partial charge in [0, 0.05) is 11.8 Å². The molecule has 0 saturated heterocycles. The van der Waals surface area contributed by atoms with E-state index in [-0.39, 0.29) is 12.1 Å². The van der Waals surface area contributed by atoms with Crippen LogP contribution in [-0.4, -0.2) is 29.2 Å². The lowest BCUT2D eigenvalue weighted by Crippen LogP contribution is -2.07. The van der Waals surface area contributed by atoms with Gasteiger partial charge in [-0.2, -0.15) is 0 Å². The smallest absolute Gasteiger partial charge is 0.337 e. The van der Waals surface area contributed by atoms with E-state index in [1.807, 2.05) is 38.1 Å². The number of hydrogen-bond acceptors (Lipinski definition) is 7. The van der Waals surface area contributed by atoms with Crippen LogP contribution in [-0.2, 0) is 4.74 Å². The predicted octanol–water partition coefficient (Wildman–Crippen LogP) is 4.54. The fourth-order valence-electron chi connectivity index (χ4n) is 2.51. The molecule has 0 bridgehead atoms. The highest BCUT2D eigenvalue weighted by Gasteiger charge is 2.08. The summed E-state index contributed by atoms with van der Waals surface area (Å²) in [5.74, 6) is 1.63. The molecule has 2 N–H and O–H groups in total. The third-order valence-electron chi connectivity index (χ3n) is 3.76. The number of para-hydroxylation sites is 2. The Morgan fingerprint density at radius 2 is 1.64 bits per heavy atom. The molecule has 1 heterocycles. The molecular formula is C21H22N4O3. The molecule has 7 nitrogen and oxygen atoms in total. The van der Waals surface area contributed by atoms with Gasteiger partial charge in [0.15, 0.2) is 0 Å². The maximum atomic E-state index is 11.5. The van der Waals surface area contributed by atoms with Crippen LogP contribution >= 0.6 is 0 Å². The van der Waals surface area contributed by atoms with Gasteiger partial charge in [-0.15, -0.1) is 0 Å². The van der Waals surface area contributed by atoms with Crippen LogP contribution < -0.4 is 15.4 Å². The Balaban J connectivity index is 1.74. The van der Waals surface area contributed by atoms with Gasteiger partial charge in [0.2, 0.25) is 0 Å². The van der Waals surface area contributed by atoms with Crippen molar-refractivity contribution in [2.75, 3.05) is 17.7 Å². The minimum Gasteiger partial charge on any atom is -0.489 e. The van der Waals surface area contributed by atoms with Crippen LogP contribution in [0.3, 0.4) is 0 Å². The second kappa shape index (κ2) is 8.85. The molecule has 0 amide bonds. The zero-order chi connectivity index (χ0) is 19.9. The zero-order valence-corrected chi connectivity index (χ0v) is 16.0. The molecule has 144 valence electrons. The Kier molecular flexibility index (Phi) is 6.06. The standard InChI is InChI=1S/C21H22N4O3/c1-14(2)28-18-7-5-4-6-17(18)25-20-12-19(22-13-23-20)24-16-10-8-15(9-11-16)21(26)27-3/h4-14H,1-3H3,(H2,22,23,24,25). The molecule has 0 aliphatic carbocycles. The molecule has 0 saturated carbocycles. The SMILES string of the molecule is COC(=O)c1ccc(Nc2cc(Nc3ccccc3OC(C)C)ncn2)cc1. The van der Waals surface area contributed by atoms with E-state index in [1.54, 1.807) is 30.3 Å². The zero-order valence-electron chi connectivity index (χ0n) is 16.0. The molecule has 0 spiro atoms. The first-order valence-electron chi connectivity index (χ1n) is 8.85. The van der Waals surface area contributed by atoms with Gasteiger partial charge in [0.25, 0.3) is 0 Å². The number of nitrogens with one attached hydrogen (secondary N) is 2. The second-order valence-electron chi connectivity index (χ2n) is 6.27. The van der Waals surface area contributed by atoms with Crippen LogP contribution in [0.5, 0.6) is 5.75 Å². The monoisotopic (exact) mass is 378 g/mol. The average molecular weight is 378 g/mol. The van der Waals surface area contributed by atoms with E-state index in [2.05, 4.69) is 20.6 Å². The fraction of sp³-hybridized carbons (Fsp3) is 0.190. The van der Waals surface area contributed by atoms with Crippen LogP contribution in [0.15, 0.2) is 60.9 Å². The number of carbonyl (C=O) groups excluding carboxylic acids is 1. The number of ether oxygens (including phenoxy) is 2. The largest absolute Gasteiger partial charge is 0.489 e. The average Bonchev–Trinajstić information content (AvgIpc) is 2.69. The number of nitrogens with zero attached hydrogens (tertiary/aromatic N) is 2. The van der Waals surface area contributed by atoms with E-state index in [0.29, 0.717) is 17.2 Å². The number of esters is 1. The molecule has 1 aromatic heterocycles. The Morgan fingerprint density at radius 1 is 0.964 bits per heavy atom. The van der Waals surface area contributed by atoms with E-state index in [1.165, 1.54) is 13.4 Å². The summed E-state index contributed by atoms with van der Waals surface area (Å²) in [6.45, 7) is 3.96. The van der Waals surface area contributed by atoms with Crippen molar-refractivity contribution >= 4 is 29.0 Å². The molecule has 7 heteroatoms. The molecular weight excluding hydrogens is 356 g/mol. The van der Waals surface area contributed by atoms with Gasteiger partial charge in [0.05, 0.1) is 24.5 Å². The van der Waals surface area contributed by atoms with E-state index in [0.717, 1.165) is 17.1 Å². The van der Waals surface area contributed by atoms with E-state index >= 15 is 0 Å². The Labute approximate surface area is 163 Å². The van der Waals surface area contributed by atoms with Crippen molar-refractivity contribution in [2.24, 2.45) is 0 Å². The molecule has 0 radical (unpaired) electrons. The van der Waals surface area contributed by atoms with Gasteiger partial charge in [-0.05, 0) is 50.2 Å². The minimum atomic E-state index is -0.373. The molecule has 0 atom stereocenters. The molecule has 0 aliphatic rings. The second-order valence-corrected chi connectivity index (χ2v) is 6.27. The molecule has 0 aliphatic heterocycles. The van der Waals surface area contributed by atoms with Gasteiger partial charge >= 0.3 is 5.97 Å². The Hall–Kier alpha value is -3.61. The topological polar surface area (TPSA) is 85.4 Å². The highest BCUT2D eigenvalue weighted by Crippen LogP contribution is 2.28. The number of carbonyl (C=O) groups is 1. The van der Waals surface area contributed by atoms with Crippen LogP contribution in [0.4, 0.5) is 23.0 Å². The lowest BCUT2D eigenvalue weighted by atomic mass is 10.2. The van der Waals surface area contributed by atoms with E-state index in [9.17, 15) is 4.79 Å². The van der Waals surface area contributed by atoms with Gasteiger partial charge < -0.3 is 20.1 Å². The Morgan fingerprint density at radius 3 is 2.32 bits per heavy atom. The number of methoxy groups -OCH3 is 1. The van der Waals surface area contributed by atoms with Crippen molar-refractivity contribution in [1.29, 1.82) is 0 Å². The number of aromatic nitrogens is 2. The van der Waals surface area contributed by atoms with Gasteiger partial charge in [-0.1, -0.05) is 12.1 Å². The predicted molar refractivity (Wildman–Crippen MR) is 109 cm³/mol. The lowest BCUT2D eigenvalue weighted by Gasteiger charge is -2.15. The molecule has 3 aromatic rings. The van der Waals surface area contributed by atoms with Crippen molar-refractivity contribution in [3.63, 3.8) is 0 Å². The highest BCUT2D eigenvalue weighted by atomic mass is 16.5. The number of rotatable bonds is 7. The first-order valence-corrected chi connectivity index (χ1v) is 8.85. The summed E-state index contributed by atoms with van der Waals surface area (Å²) in [5.41, 5.74) is 2.10. The molecule has 0 fully saturated rings. The third-order valence-corrected chi connectivity index (χ3v) is 3.76. The fourth-order valence-corrected chi connectivity index (χ4v) is 2.51. The normalized spacial score (nSPS) is 10.4. The van der Waals surface area contributed by atoms with Crippen LogP contribution in [0.1, 0.15) is 24.2 Å². The maximum absolute atomic E-state index is 11.5. The Bertz CT molecular complexity index is 942. The van der Waals surface area contributed by atoms with Crippen LogP contribution in [0.25, 0.3) is 0 Å². The van der Waals surface area contributed by atoms with Crippen molar-refractivity contribution in [3.8, 4) is 5.75 Å². The van der Waals surface area contributed by atoms with Crippen molar-refractivity contribution in [2.45, 2.75) is 20.0 Å². The van der Waals surface area contributed by atoms with Crippen molar-refractivity contribution < 1.29 is 14.3 Å². The minimum absolute atomic E-state index is 0.0681. The van der Waals surface area contributed by atoms with Gasteiger partial charge in [-0.3, -0.25) is 0 Å². The summed E-state index contributed by atoms with van der Waals surface area (Å²) in [4.78, 5) is 20.0. The number of benzene rings is 2. The highest BCUT2D eigenvalue weighted by molar-refractivity contribution is 5.89. The summed E-state index contributed by atoms with van der Waals surface area (Å²) >= 11 is 0. The van der Waals surface area contributed by atoms with E-state index < -0.39 is 0 Å². The van der Waals surface area contributed by atoms with Crippen LogP contribution in [0, 0.1) is 0 Å². The third kappa shape index (κ3) is 4.97. The molecule has 0 unspecified atom stereocenters. The summed E-state index contributed by atoms with van der Waals surface area (Å²) in [5, 5.41) is 6.45. The first kappa shape index (κ1) is 19.2. The number of hydrogen-bond donors (Lipinski definition) is 2. The van der Waals surface area contributed by atoms with E-state index in [4.69, 9.17) is 9.47 Å². The summed E-state index contributed by atoms with van der Waals surface area (Å²) in [6, 6.07) is 16.4. The summed E-state index contributed by atoms with van der Waals surface area (Å²) in [6.07, 6.45) is 1.54. The summed E-state index contributed by atoms with van der Waals surface area (Å²) < 4.78 is 10.5. The molecule has 28 heavy (non-hydrogen) atoms. The van der Waals surface area contributed by atoms with Crippen LogP contribution in [0.2, 0.25) is 0 Å². The maximum Gasteiger partial charge on any atom is 0.337 e. The molecule has 3 rings (SSSR count). The van der Waals surface area contributed by atoms with Gasteiger partial charge in [-0.25, -0.2) is 14.8 Å². The van der Waals surface area contributed by atoms with Crippen molar-refractivity contribution in [1.82, 2.24) is 9.97 Å². The number of anilines is 4. The quantitative estimate of drug-likeness (QED) is 0.584. The molecule has 2 aromatic carbocycles. The lowest BCUT2D eigenvalue weighted by molar-refractivity contribution is 0.0601.